The Labute approximate surface area is 171 Å². The molecule has 0 saturated carbocycles. The van der Waals surface area contributed by atoms with E-state index in [1.165, 1.54) is 25.7 Å². The number of fused-ring (bicyclic) bond motifs is 1. The van der Waals surface area contributed by atoms with Crippen LogP contribution in [0.1, 0.15) is 32.1 Å². The van der Waals surface area contributed by atoms with Gasteiger partial charge in [-0.15, -0.1) is 0 Å². The predicted molar refractivity (Wildman–Crippen MR) is 113 cm³/mol. The van der Waals surface area contributed by atoms with Gasteiger partial charge in [0.15, 0.2) is 0 Å². The lowest BCUT2D eigenvalue weighted by atomic mass is 10.1. The standard InChI is InChI=1S/C22H28N4O3/c23-21(27)22(25-19-7-3-4-8-20(19)26-22)29-18-11-9-17(10-12-18)28-15-13-16-6-2-1-5-14-24-16/h3-4,7-12,16,24-26H,1-2,5-6,13-15H2,(H2,23,27). The summed E-state index contributed by atoms with van der Waals surface area (Å²) in [5.74, 6) is -0.883. The highest BCUT2D eigenvalue weighted by Crippen LogP contribution is 2.35. The Morgan fingerprint density at radius 1 is 1.00 bits per heavy atom. The van der Waals surface area contributed by atoms with Gasteiger partial charge in [-0.05, 0) is 62.2 Å². The van der Waals surface area contributed by atoms with Crippen LogP contribution >= 0.6 is 0 Å². The van der Waals surface area contributed by atoms with Crippen molar-refractivity contribution < 1.29 is 14.3 Å². The van der Waals surface area contributed by atoms with E-state index in [-0.39, 0.29) is 0 Å². The molecular weight excluding hydrogens is 368 g/mol. The quantitative estimate of drug-likeness (QED) is 0.574. The van der Waals surface area contributed by atoms with Gasteiger partial charge in [0.05, 0.1) is 18.0 Å². The Balaban J connectivity index is 1.33. The first kappa shape index (κ1) is 19.4. The molecule has 2 heterocycles. The van der Waals surface area contributed by atoms with Crippen molar-refractivity contribution in [2.24, 2.45) is 5.73 Å². The number of nitrogens with one attached hydrogen (secondary N) is 3. The number of para-hydroxylation sites is 2. The lowest BCUT2D eigenvalue weighted by molar-refractivity contribution is -0.128. The number of hydrogen-bond acceptors (Lipinski definition) is 6. The Morgan fingerprint density at radius 2 is 1.69 bits per heavy atom. The van der Waals surface area contributed by atoms with E-state index in [4.69, 9.17) is 15.2 Å². The number of anilines is 2. The van der Waals surface area contributed by atoms with E-state index < -0.39 is 11.8 Å². The van der Waals surface area contributed by atoms with E-state index in [9.17, 15) is 4.79 Å². The highest BCUT2D eigenvalue weighted by Gasteiger charge is 2.44. The molecule has 0 spiro atoms. The molecule has 0 radical (unpaired) electrons. The van der Waals surface area contributed by atoms with Gasteiger partial charge in [-0.2, -0.15) is 0 Å². The van der Waals surface area contributed by atoms with Crippen LogP contribution in [0.3, 0.4) is 0 Å². The fourth-order valence-corrected chi connectivity index (χ4v) is 3.78. The third-order valence-corrected chi connectivity index (χ3v) is 5.39. The fourth-order valence-electron chi connectivity index (χ4n) is 3.78. The van der Waals surface area contributed by atoms with Crippen molar-refractivity contribution in [3.05, 3.63) is 48.5 Å². The molecule has 1 atom stereocenters. The van der Waals surface area contributed by atoms with Crippen LogP contribution in [-0.2, 0) is 4.79 Å². The monoisotopic (exact) mass is 396 g/mol. The number of rotatable bonds is 7. The number of carbonyl (C=O) groups excluding carboxylic acids is 1. The number of hydrogen-bond donors (Lipinski definition) is 4. The van der Waals surface area contributed by atoms with Crippen LogP contribution in [0.2, 0.25) is 0 Å². The smallest absolute Gasteiger partial charge is 0.342 e. The molecule has 2 aliphatic heterocycles. The minimum atomic E-state index is -1.52. The van der Waals surface area contributed by atoms with Crippen molar-refractivity contribution >= 4 is 17.3 Å². The zero-order chi connectivity index (χ0) is 20.1. The van der Waals surface area contributed by atoms with Crippen LogP contribution in [0.4, 0.5) is 11.4 Å². The number of ether oxygens (including phenoxy) is 2. The summed E-state index contributed by atoms with van der Waals surface area (Å²) in [6.07, 6.45) is 6.08. The average Bonchev–Trinajstić information content (AvgIpc) is 2.90. The Bertz CT molecular complexity index is 807. The van der Waals surface area contributed by atoms with Gasteiger partial charge in [-0.3, -0.25) is 4.79 Å². The van der Waals surface area contributed by atoms with Crippen LogP contribution in [0.15, 0.2) is 48.5 Å². The van der Waals surface area contributed by atoms with Gasteiger partial charge in [0.2, 0.25) is 0 Å². The molecule has 1 amide bonds. The molecule has 0 aliphatic carbocycles. The largest absolute Gasteiger partial charge is 0.494 e. The lowest BCUT2D eigenvalue weighted by Crippen LogP contribution is -2.58. The molecule has 29 heavy (non-hydrogen) atoms. The fraction of sp³-hybridized carbons (Fsp3) is 0.409. The van der Waals surface area contributed by atoms with Crippen molar-refractivity contribution in [1.29, 1.82) is 0 Å². The van der Waals surface area contributed by atoms with Gasteiger partial charge < -0.3 is 31.2 Å². The molecule has 4 rings (SSSR count). The molecule has 1 unspecified atom stereocenters. The van der Waals surface area contributed by atoms with Crippen molar-refractivity contribution in [2.45, 2.75) is 44.0 Å². The number of amides is 1. The highest BCUT2D eigenvalue weighted by atomic mass is 16.5. The zero-order valence-corrected chi connectivity index (χ0v) is 16.4. The first-order chi connectivity index (χ1) is 14.1. The maximum absolute atomic E-state index is 12.1. The van der Waals surface area contributed by atoms with Crippen LogP contribution in [0, 0.1) is 0 Å². The third kappa shape index (κ3) is 4.56. The van der Waals surface area contributed by atoms with Crippen LogP contribution < -0.4 is 31.2 Å². The SMILES string of the molecule is NC(=O)C1(Oc2ccc(OCCC3CCCCCN3)cc2)Nc2ccccc2N1. The van der Waals surface area contributed by atoms with Gasteiger partial charge in [-0.1, -0.05) is 25.0 Å². The van der Waals surface area contributed by atoms with Crippen molar-refractivity contribution in [3.63, 3.8) is 0 Å². The summed E-state index contributed by atoms with van der Waals surface area (Å²) in [4.78, 5) is 12.1. The summed E-state index contributed by atoms with van der Waals surface area (Å²) in [5.41, 5.74) is 7.14. The van der Waals surface area contributed by atoms with Gasteiger partial charge in [0, 0.05) is 6.04 Å². The Morgan fingerprint density at radius 3 is 2.38 bits per heavy atom. The maximum atomic E-state index is 12.1. The summed E-state index contributed by atoms with van der Waals surface area (Å²) in [5, 5.41) is 9.66. The second kappa shape index (κ2) is 8.61. The predicted octanol–water partition coefficient (Wildman–Crippen LogP) is 3.04. The Kier molecular flexibility index (Phi) is 5.76. The van der Waals surface area contributed by atoms with Gasteiger partial charge in [0.25, 0.3) is 0 Å². The van der Waals surface area contributed by atoms with Gasteiger partial charge in [-0.25, -0.2) is 0 Å². The summed E-state index contributed by atoms with van der Waals surface area (Å²) >= 11 is 0. The second-order valence-electron chi connectivity index (χ2n) is 7.55. The normalized spacial score (nSPS) is 19.9. The molecule has 154 valence electrons. The molecule has 5 N–H and O–H groups in total. The minimum absolute atomic E-state index is 0.509. The topological polar surface area (TPSA) is 97.6 Å². The first-order valence-corrected chi connectivity index (χ1v) is 10.3. The first-order valence-electron chi connectivity index (χ1n) is 10.3. The second-order valence-corrected chi connectivity index (χ2v) is 7.55. The summed E-state index contributed by atoms with van der Waals surface area (Å²) in [6.45, 7) is 1.77. The van der Waals surface area contributed by atoms with E-state index in [0.29, 0.717) is 18.4 Å². The van der Waals surface area contributed by atoms with Crippen molar-refractivity contribution in [3.8, 4) is 11.5 Å². The van der Waals surface area contributed by atoms with Gasteiger partial charge in [0.1, 0.15) is 11.5 Å². The number of carbonyl (C=O) groups is 1. The van der Waals surface area contributed by atoms with E-state index in [2.05, 4.69) is 16.0 Å². The molecule has 2 aliphatic rings. The van der Waals surface area contributed by atoms with Gasteiger partial charge >= 0.3 is 11.8 Å². The van der Waals surface area contributed by atoms with E-state index in [0.717, 1.165) is 30.1 Å². The molecule has 2 aromatic rings. The van der Waals surface area contributed by atoms with Crippen molar-refractivity contribution in [1.82, 2.24) is 5.32 Å². The summed E-state index contributed by atoms with van der Waals surface area (Å²) < 4.78 is 11.8. The number of nitrogens with two attached hydrogens (primary N) is 1. The lowest BCUT2D eigenvalue weighted by Gasteiger charge is -2.27. The van der Waals surface area contributed by atoms with Crippen molar-refractivity contribution in [2.75, 3.05) is 23.8 Å². The maximum Gasteiger partial charge on any atom is 0.342 e. The minimum Gasteiger partial charge on any atom is -0.494 e. The molecule has 1 saturated heterocycles. The molecule has 0 bridgehead atoms. The number of primary amides is 1. The van der Waals surface area contributed by atoms with E-state index in [1.54, 1.807) is 12.1 Å². The van der Waals surface area contributed by atoms with Crippen LogP contribution in [0.5, 0.6) is 11.5 Å². The van der Waals surface area contributed by atoms with Crippen LogP contribution in [0.25, 0.3) is 0 Å². The zero-order valence-electron chi connectivity index (χ0n) is 16.4. The Hall–Kier alpha value is -2.93. The van der Waals surface area contributed by atoms with E-state index in [1.807, 2.05) is 36.4 Å². The summed E-state index contributed by atoms with van der Waals surface area (Å²) in [6, 6.07) is 15.2. The molecule has 7 nitrogen and oxygen atoms in total. The summed E-state index contributed by atoms with van der Waals surface area (Å²) in [7, 11) is 0. The van der Waals surface area contributed by atoms with Crippen LogP contribution in [-0.4, -0.2) is 30.9 Å². The molecule has 2 aromatic carbocycles. The molecule has 0 aromatic heterocycles. The highest BCUT2D eigenvalue weighted by molar-refractivity contribution is 5.95. The third-order valence-electron chi connectivity index (χ3n) is 5.39. The average molecular weight is 396 g/mol. The number of benzene rings is 2. The molecule has 1 fully saturated rings. The van der Waals surface area contributed by atoms with E-state index >= 15 is 0 Å². The molecular formula is C22H28N4O3. The molecule has 7 heteroatoms.